The van der Waals surface area contributed by atoms with Crippen molar-refractivity contribution in [2.75, 3.05) is 6.26 Å². The molecule has 4 heterocycles. The third-order valence-electron chi connectivity index (χ3n) is 5.91. The lowest BCUT2D eigenvalue weighted by Crippen LogP contribution is -2.19. The van der Waals surface area contributed by atoms with Crippen molar-refractivity contribution in [2.45, 2.75) is 36.1 Å². The van der Waals surface area contributed by atoms with Gasteiger partial charge in [-0.25, -0.2) is 27.3 Å². The lowest BCUT2D eigenvalue weighted by atomic mass is 10.0. The molecule has 0 amide bonds. The molecule has 0 radical (unpaired) electrons. The minimum absolute atomic E-state index is 0.0295. The zero-order chi connectivity index (χ0) is 26.5. The highest BCUT2D eigenvalue weighted by atomic mass is 32.2. The number of pyridine rings is 1. The van der Waals surface area contributed by atoms with E-state index in [0.29, 0.717) is 23.2 Å². The quantitative estimate of drug-likeness (QED) is 0.271. The third-order valence-corrected chi connectivity index (χ3v) is 8.13. The van der Waals surface area contributed by atoms with Crippen molar-refractivity contribution in [1.29, 1.82) is 0 Å². The molecule has 3 aromatic heterocycles. The number of alkyl halides is 3. The molecule has 8 nitrogen and oxygen atoms in total. The van der Waals surface area contributed by atoms with Gasteiger partial charge in [-0.2, -0.15) is 13.2 Å². The second-order valence-corrected chi connectivity index (χ2v) is 10.8. The highest BCUT2D eigenvalue weighted by Gasteiger charge is 2.37. The SMILES string of the molecule is CSc1ncc(C(F)(F)F)c(-c2cn(S(=O)(=O)c3ccccc3)c3nc(C4=C(C)ONC4C)ccc23)n1. The Labute approximate surface area is 214 Å². The van der Waals surface area contributed by atoms with Crippen LogP contribution in [0.4, 0.5) is 13.2 Å². The van der Waals surface area contributed by atoms with Gasteiger partial charge in [-0.05, 0) is 44.4 Å². The van der Waals surface area contributed by atoms with Crippen LogP contribution in [0.1, 0.15) is 25.1 Å². The minimum atomic E-state index is -4.77. The van der Waals surface area contributed by atoms with Crippen molar-refractivity contribution in [3.05, 3.63) is 71.9 Å². The summed E-state index contributed by atoms with van der Waals surface area (Å²) >= 11 is 1.07. The van der Waals surface area contributed by atoms with E-state index < -0.39 is 27.5 Å². The monoisotopic (exact) mass is 547 g/mol. The smallest absolute Gasteiger partial charge is 0.412 e. The average molecular weight is 548 g/mol. The summed E-state index contributed by atoms with van der Waals surface area (Å²) in [6, 6.07) is 10.5. The molecule has 1 unspecified atom stereocenters. The summed E-state index contributed by atoms with van der Waals surface area (Å²) in [5.41, 5.74) is 2.39. The number of aromatic nitrogens is 4. The van der Waals surface area contributed by atoms with Crippen LogP contribution in [-0.4, -0.2) is 39.6 Å². The molecule has 1 aliphatic rings. The van der Waals surface area contributed by atoms with E-state index in [2.05, 4.69) is 20.4 Å². The molecular weight excluding hydrogens is 527 g/mol. The van der Waals surface area contributed by atoms with Crippen LogP contribution >= 0.6 is 11.8 Å². The fourth-order valence-electron chi connectivity index (χ4n) is 4.18. The average Bonchev–Trinajstić information content (AvgIpc) is 3.43. The van der Waals surface area contributed by atoms with Gasteiger partial charge in [0.05, 0.1) is 22.3 Å². The van der Waals surface area contributed by atoms with E-state index in [1.54, 1.807) is 43.5 Å². The molecule has 0 bridgehead atoms. The first-order valence-electron chi connectivity index (χ1n) is 11.0. The molecular formula is C24H20F3N5O3S2. The predicted octanol–water partition coefficient (Wildman–Crippen LogP) is 5.13. The van der Waals surface area contributed by atoms with Crippen LogP contribution in [0.2, 0.25) is 0 Å². The summed E-state index contributed by atoms with van der Waals surface area (Å²) in [5, 5.41) is 0.306. The van der Waals surface area contributed by atoms with Crippen molar-refractivity contribution in [3.8, 4) is 11.3 Å². The molecule has 0 aliphatic carbocycles. The van der Waals surface area contributed by atoms with Gasteiger partial charge in [-0.1, -0.05) is 30.0 Å². The van der Waals surface area contributed by atoms with Gasteiger partial charge in [0.1, 0.15) is 11.3 Å². The summed E-state index contributed by atoms with van der Waals surface area (Å²) in [7, 11) is -4.22. The number of rotatable bonds is 5. The van der Waals surface area contributed by atoms with Gasteiger partial charge >= 0.3 is 6.18 Å². The number of thioether (sulfide) groups is 1. The number of hydrogen-bond donors (Lipinski definition) is 1. The van der Waals surface area contributed by atoms with Crippen molar-refractivity contribution in [1.82, 2.24) is 24.4 Å². The van der Waals surface area contributed by atoms with E-state index in [0.717, 1.165) is 21.9 Å². The van der Waals surface area contributed by atoms with Crippen LogP contribution in [0.3, 0.4) is 0 Å². The number of hydrogen-bond acceptors (Lipinski definition) is 8. The van der Waals surface area contributed by atoms with Crippen LogP contribution < -0.4 is 5.48 Å². The molecule has 192 valence electrons. The van der Waals surface area contributed by atoms with E-state index >= 15 is 0 Å². The van der Waals surface area contributed by atoms with Gasteiger partial charge < -0.3 is 4.84 Å². The lowest BCUT2D eigenvalue weighted by Gasteiger charge is -2.12. The van der Waals surface area contributed by atoms with Crippen LogP contribution in [0.5, 0.6) is 0 Å². The Balaban J connectivity index is 1.85. The molecule has 1 N–H and O–H groups in total. The summed E-state index contributed by atoms with van der Waals surface area (Å²) in [4.78, 5) is 17.9. The number of allylic oxidation sites excluding steroid dienone is 1. The Morgan fingerprint density at radius 3 is 2.46 bits per heavy atom. The molecule has 0 saturated carbocycles. The van der Waals surface area contributed by atoms with Crippen molar-refractivity contribution in [3.63, 3.8) is 0 Å². The highest BCUT2D eigenvalue weighted by molar-refractivity contribution is 7.98. The van der Waals surface area contributed by atoms with Crippen LogP contribution in [0, 0.1) is 0 Å². The lowest BCUT2D eigenvalue weighted by molar-refractivity contribution is -0.137. The Morgan fingerprint density at radius 2 is 1.84 bits per heavy atom. The van der Waals surface area contributed by atoms with E-state index in [4.69, 9.17) is 4.84 Å². The number of benzene rings is 1. The Kier molecular flexibility index (Phi) is 6.24. The fourth-order valence-corrected chi connectivity index (χ4v) is 5.86. The molecule has 1 atom stereocenters. The maximum atomic E-state index is 14.0. The number of halogens is 3. The summed E-state index contributed by atoms with van der Waals surface area (Å²) in [5.74, 6) is 0.559. The number of nitrogens with one attached hydrogen (secondary N) is 1. The largest absolute Gasteiger partial charge is 0.419 e. The number of fused-ring (bicyclic) bond motifs is 1. The highest BCUT2D eigenvalue weighted by Crippen LogP contribution is 2.40. The molecule has 4 aromatic rings. The number of nitrogens with zero attached hydrogens (tertiary/aromatic N) is 4. The molecule has 0 spiro atoms. The van der Waals surface area contributed by atoms with Gasteiger partial charge in [-0.3, -0.25) is 0 Å². The van der Waals surface area contributed by atoms with Crippen molar-refractivity contribution < 1.29 is 26.4 Å². The molecule has 37 heavy (non-hydrogen) atoms. The maximum Gasteiger partial charge on any atom is 0.419 e. The summed E-state index contributed by atoms with van der Waals surface area (Å²) in [6.45, 7) is 3.59. The van der Waals surface area contributed by atoms with E-state index in [9.17, 15) is 21.6 Å². The Hall–Kier alpha value is -3.42. The van der Waals surface area contributed by atoms with Crippen molar-refractivity contribution in [2.24, 2.45) is 0 Å². The van der Waals surface area contributed by atoms with Gasteiger partial charge in [0, 0.05) is 28.9 Å². The normalized spacial score (nSPS) is 16.4. The van der Waals surface area contributed by atoms with E-state index in [1.807, 2.05) is 6.92 Å². The van der Waals surface area contributed by atoms with Crippen molar-refractivity contribution >= 4 is 38.4 Å². The van der Waals surface area contributed by atoms with Crippen LogP contribution in [0.25, 0.3) is 27.9 Å². The Morgan fingerprint density at radius 1 is 1.11 bits per heavy atom. The predicted molar refractivity (Wildman–Crippen MR) is 133 cm³/mol. The zero-order valence-corrected chi connectivity index (χ0v) is 21.4. The van der Waals surface area contributed by atoms with Crippen LogP contribution in [0.15, 0.2) is 70.7 Å². The first-order chi connectivity index (χ1) is 17.5. The molecule has 13 heteroatoms. The first kappa shape index (κ1) is 25.2. The topological polar surface area (TPSA) is 99.0 Å². The number of hydroxylamine groups is 1. The van der Waals surface area contributed by atoms with Gasteiger partial charge in [-0.15, -0.1) is 5.48 Å². The minimum Gasteiger partial charge on any atom is -0.412 e. The Bertz CT molecular complexity index is 1650. The van der Waals surface area contributed by atoms with E-state index in [-0.39, 0.29) is 32.7 Å². The summed E-state index contributed by atoms with van der Waals surface area (Å²) < 4.78 is 70.2. The standard InChI is InChI=1S/C24H20F3N5O3S2/c1-13-20(14(2)35-31-13)19-10-9-16-17(21-18(24(25,26)27)11-28-23(30-21)36-3)12-32(22(16)29-19)37(33,34)15-7-5-4-6-8-15/h4-13,31H,1-3H3. The van der Waals surface area contributed by atoms with Gasteiger partial charge in [0.2, 0.25) is 0 Å². The van der Waals surface area contributed by atoms with Crippen LogP contribution in [-0.2, 0) is 21.0 Å². The molecule has 0 fully saturated rings. The summed E-state index contributed by atoms with van der Waals surface area (Å²) in [6.07, 6.45) is -1.28. The molecule has 1 aliphatic heterocycles. The second-order valence-electron chi connectivity index (χ2n) is 8.25. The molecule has 5 rings (SSSR count). The zero-order valence-electron chi connectivity index (χ0n) is 19.7. The fraction of sp³-hybridized carbons (Fsp3) is 0.208. The molecule has 1 aromatic carbocycles. The molecule has 0 saturated heterocycles. The maximum absolute atomic E-state index is 14.0. The third kappa shape index (κ3) is 4.36. The van der Waals surface area contributed by atoms with E-state index in [1.165, 1.54) is 12.1 Å². The van der Waals surface area contributed by atoms with Gasteiger partial charge in [0.15, 0.2) is 10.8 Å². The first-order valence-corrected chi connectivity index (χ1v) is 13.6. The van der Waals surface area contributed by atoms with Gasteiger partial charge in [0.25, 0.3) is 10.0 Å². The second kappa shape index (κ2) is 9.15.